The third-order valence-electron chi connectivity index (χ3n) is 2.51. The zero-order valence-corrected chi connectivity index (χ0v) is 10.6. The molecule has 0 saturated heterocycles. The van der Waals surface area contributed by atoms with E-state index < -0.39 is 30.8 Å². The molecule has 0 rings (SSSR count). The molecule has 0 aliphatic rings. The van der Waals surface area contributed by atoms with Crippen molar-refractivity contribution in [2.45, 2.75) is 38.4 Å². The lowest BCUT2D eigenvalue weighted by molar-refractivity contribution is -0.176. The molecule has 3 nitrogen and oxygen atoms in total. The summed E-state index contributed by atoms with van der Waals surface area (Å²) in [7, 11) is 0. The van der Waals surface area contributed by atoms with Gasteiger partial charge >= 0.3 is 6.18 Å². The quantitative estimate of drug-likeness (QED) is 0.725. The number of alkyl halides is 4. The zero-order chi connectivity index (χ0) is 13.5. The maximum Gasteiger partial charge on any atom is 0.411 e. The van der Waals surface area contributed by atoms with E-state index in [1.54, 1.807) is 0 Å². The number of nitrogens with one attached hydrogen (secondary N) is 1. The van der Waals surface area contributed by atoms with Crippen molar-refractivity contribution < 1.29 is 22.7 Å². The Hall–Kier alpha value is -0.490. The molecule has 0 heterocycles. The van der Waals surface area contributed by atoms with Crippen molar-refractivity contribution in [3.8, 4) is 0 Å². The largest absolute Gasteiger partial charge is 0.411 e. The molecule has 0 unspecified atom stereocenters. The Kier molecular flexibility index (Phi) is 6.85. The van der Waals surface area contributed by atoms with Gasteiger partial charge in [-0.25, -0.2) is 0 Å². The molecule has 1 N–H and O–H groups in total. The van der Waals surface area contributed by atoms with Crippen LogP contribution in [0.2, 0.25) is 0 Å². The normalized spacial score (nSPS) is 12.6. The second-order valence-corrected chi connectivity index (χ2v) is 4.04. The Labute approximate surface area is 104 Å². The van der Waals surface area contributed by atoms with Crippen molar-refractivity contribution in [3.63, 3.8) is 0 Å². The van der Waals surface area contributed by atoms with Crippen LogP contribution in [0.4, 0.5) is 13.2 Å². The highest BCUT2D eigenvalue weighted by Crippen LogP contribution is 2.17. The van der Waals surface area contributed by atoms with E-state index in [2.05, 4.69) is 10.1 Å². The predicted molar refractivity (Wildman–Crippen MR) is 59.0 cm³/mol. The molecule has 0 aliphatic heterocycles. The third kappa shape index (κ3) is 6.73. The van der Waals surface area contributed by atoms with Gasteiger partial charge in [-0.3, -0.25) is 4.79 Å². The molecule has 0 fully saturated rings. The van der Waals surface area contributed by atoms with E-state index in [0.29, 0.717) is 12.8 Å². The predicted octanol–water partition coefficient (Wildman–Crippen LogP) is 2.48. The molecule has 102 valence electrons. The fourth-order valence-electron chi connectivity index (χ4n) is 1.24. The summed E-state index contributed by atoms with van der Waals surface area (Å²) in [6.45, 7) is 1.66. The Morgan fingerprint density at radius 2 is 1.82 bits per heavy atom. The van der Waals surface area contributed by atoms with Crippen molar-refractivity contribution in [2.75, 3.05) is 19.1 Å². The molecule has 0 aromatic heterocycles. The molecular weight excluding hydrogens is 259 g/mol. The average molecular weight is 276 g/mol. The zero-order valence-electron chi connectivity index (χ0n) is 9.86. The van der Waals surface area contributed by atoms with Gasteiger partial charge in [0, 0.05) is 5.88 Å². The highest BCUT2D eigenvalue weighted by Gasteiger charge is 2.29. The molecule has 17 heavy (non-hydrogen) atoms. The maximum atomic E-state index is 11.8. The van der Waals surface area contributed by atoms with Gasteiger partial charge in [-0.05, 0) is 12.8 Å². The molecule has 0 bridgehead atoms. The number of halogens is 4. The first kappa shape index (κ1) is 16.5. The van der Waals surface area contributed by atoms with Gasteiger partial charge < -0.3 is 10.1 Å². The van der Waals surface area contributed by atoms with Gasteiger partial charge in [0.15, 0.2) is 0 Å². The summed E-state index contributed by atoms with van der Waals surface area (Å²) in [5.41, 5.74) is -0.569. The van der Waals surface area contributed by atoms with Crippen LogP contribution in [0.5, 0.6) is 0 Å². The lowest BCUT2D eigenvalue weighted by atomic mass is 9.95. The summed E-state index contributed by atoms with van der Waals surface area (Å²) in [5.74, 6) is -0.371. The van der Waals surface area contributed by atoms with Crippen LogP contribution in [0.3, 0.4) is 0 Å². The van der Waals surface area contributed by atoms with Crippen LogP contribution in [0.25, 0.3) is 0 Å². The van der Waals surface area contributed by atoms with Gasteiger partial charge in [-0.2, -0.15) is 13.2 Å². The van der Waals surface area contributed by atoms with E-state index in [4.69, 9.17) is 11.6 Å². The SMILES string of the molecule is CCC(CC)(CCl)NC(=O)COCC(F)(F)F. The average Bonchev–Trinajstić information content (AvgIpc) is 2.24. The maximum absolute atomic E-state index is 11.8. The van der Waals surface area contributed by atoms with Crippen LogP contribution < -0.4 is 5.32 Å². The lowest BCUT2D eigenvalue weighted by Crippen LogP contribution is -2.50. The van der Waals surface area contributed by atoms with E-state index in [0.717, 1.165) is 0 Å². The van der Waals surface area contributed by atoms with Crippen molar-refractivity contribution >= 4 is 17.5 Å². The van der Waals surface area contributed by atoms with E-state index in [-0.39, 0.29) is 5.88 Å². The van der Waals surface area contributed by atoms with E-state index in [1.165, 1.54) is 0 Å². The van der Waals surface area contributed by atoms with Crippen LogP contribution in [0.15, 0.2) is 0 Å². The standard InChI is InChI=1S/C10H17ClF3NO2/c1-3-9(4-2,6-11)15-8(16)5-17-7-10(12,13)14/h3-7H2,1-2H3,(H,15,16). The summed E-state index contributed by atoms with van der Waals surface area (Å²) < 4.78 is 39.6. The number of hydrogen-bond donors (Lipinski definition) is 1. The van der Waals surface area contributed by atoms with Crippen molar-refractivity contribution in [1.82, 2.24) is 5.32 Å². The van der Waals surface area contributed by atoms with E-state index in [9.17, 15) is 18.0 Å². The third-order valence-corrected chi connectivity index (χ3v) is 3.02. The lowest BCUT2D eigenvalue weighted by Gasteiger charge is -2.30. The van der Waals surface area contributed by atoms with Crippen LogP contribution >= 0.6 is 11.6 Å². The molecule has 0 aliphatic carbocycles. The molecule has 0 aromatic carbocycles. The van der Waals surface area contributed by atoms with E-state index in [1.807, 2.05) is 13.8 Å². The van der Waals surface area contributed by atoms with Crippen molar-refractivity contribution in [2.24, 2.45) is 0 Å². The Morgan fingerprint density at radius 1 is 1.29 bits per heavy atom. The van der Waals surface area contributed by atoms with Crippen molar-refractivity contribution in [3.05, 3.63) is 0 Å². The minimum absolute atomic E-state index is 0.213. The number of amides is 1. The topological polar surface area (TPSA) is 38.3 Å². The van der Waals surface area contributed by atoms with E-state index >= 15 is 0 Å². The van der Waals surface area contributed by atoms with Gasteiger partial charge in [0.2, 0.25) is 5.91 Å². The molecular formula is C10H17ClF3NO2. The van der Waals surface area contributed by atoms with Gasteiger partial charge in [-0.15, -0.1) is 11.6 Å². The Bertz CT molecular complexity index is 234. The fourth-order valence-corrected chi connectivity index (χ4v) is 1.69. The summed E-state index contributed by atoms with van der Waals surface area (Å²) in [5, 5.41) is 2.60. The molecule has 0 saturated carbocycles. The number of carbonyl (C=O) groups excluding carboxylic acids is 1. The minimum Gasteiger partial charge on any atom is -0.362 e. The van der Waals surface area contributed by atoms with Crippen LogP contribution in [0, 0.1) is 0 Å². The summed E-state index contributed by atoms with van der Waals surface area (Å²) in [6.07, 6.45) is -3.20. The first-order valence-corrected chi connectivity index (χ1v) is 5.83. The van der Waals surface area contributed by atoms with Crippen LogP contribution in [-0.4, -0.2) is 36.7 Å². The Morgan fingerprint density at radius 3 is 2.18 bits per heavy atom. The molecule has 0 aromatic rings. The summed E-state index contributed by atoms with van der Waals surface area (Å²) >= 11 is 5.74. The highest BCUT2D eigenvalue weighted by atomic mass is 35.5. The van der Waals surface area contributed by atoms with Crippen LogP contribution in [0.1, 0.15) is 26.7 Å². The molecule has 0 spiro atoms. The minimum atomic E-state index is -4.42. The monoisotopic (exact) mass is 275 g/mol. The molecule has 0 atom stereocenters. The van der Waals surface area contributed by atoms with Gasteiger partial charge in [-0.1, -0.05) is 13.8 Å². The van der Waals surface area contributed by atoms with Gasteiger partial charge in [0.05, 0.1) is 5.54 Å². The second kappa shape index (κ2) is 7.06. The second-order valence-electron chi connectivity index (χ2n) is 3.78. The molecule has 7 heteroatoms. The summed E-state index contributed by atoms with van der Waals surface area (Å²) in [4.78, 5) is 11.4. The fraction of sp³-hybridized carbons (Fsp3) is 0.900. The number of ether oxygens (including phenoxy) is 1. The van der Waals surface area contributed by atoms with Gasteiger partial charge in [0.25, 0.3) is 0 Å². The molecule has 0 radical (unpaired) electrons. The van der Waals surface area contributed by atoms with Gasteiger partial charge in [0.1, 0.15) is 13.2 Å². The number of rotatable bonds is 7. The van der Waals surface area contributed by atoms with Crippen molar-refractivity contribution in [1.29, 1.82) is 0 Å². The number of hydrogen-bond acceptors (Lipinski definition) is 2. The Balaban J connectivity index is 4.08. The smallest absolute Gasteiger partial charge is 0.362 e. The molecule has 1 amide bonds. The summed E-state index contributed by atoms with van der Waals surface area (Å²) in [6, 6.07) is 0. The number of carbonyl (C=O) groups is 1. The van der Waals surface area contributed by atoms with Crippen LogP contribution in [-0.2, 0) is 9.53 Å². The first-order valence-electron chi connectivity index (χ1n) is 5.30. The first-order chi connectivity index (χ1) is 7.78. The highest BCUT2D eigenvalue weighted by molar-refractivity contribution is 6.18.